The van der Waals surface area contributed by atoms with E-state index in [-0.39, 0.29) is 4.90 Å². The van der Waals surface area contributed by atoms with Crippen LogP contribution in [0.15, 0.2) is 77.7 Å². The minimum Gasteiger partial charge on any atom is -0.449 e. The van der Waals surface area contributed by atoms with E-state index in [1.165, 1.54) is 28.6 Å². The highest BCUT2D eigenvalue weighted by Crippen LogP contribution is 2.45. The van der Waals surface area contributed by atoms with Crippen LogP contribution in [0.2, 0.25) is 0 Å². The van der Waals surface area contributed by atoms with E-state index in [0.717, 1.165) is 35.1 Å². The number of fused-ring (bicyclic) bond motifs is 3. The summed E-state index contributed by atoms with van der Waals surface area (Å²) in [5.41, 5.74) is 4.38. The fourth-order valence-corrected chi connectivity index (χ4v) is 5.77. The highest BCUT2D eigenvalue weighted by molar-refractivity contribution is 7.89. The molecule has 0 unspecified atom stereocenters. The number of esters is 1. The second-order valence-corrected chi connectivity index (χ2v) is 9.53. The fourth-order valence-electron chi connectivity index (χ4n) is 4.25. The van der Waals surface area contributed by atoms with E-state index in [4.69, 9.17) is 4.74 Å². The van der Waals surface area contributed by atoms with Gasteiger partial charge < -0.3 is 4.74 Å². The molecule has 1 fully saturated rings. The Morgan fingerprint density at radius 1 is 0.800 bits per heavy atom. The Labute approximate surface area is 176 Å². The van der Waals surface area contributed by atoms with Gasteiger partial charge in [-0.3, -0.25) is 0 Å². The first-order valence-electron chi connectivity index (χ1n) is 10.0. The van der Waals surface area contributed by atoms with E-state index in [2.05, 4.69) is 0 Å². The van der Waals surface area contributed by atoms with Crippen molar-refractivity contribution < 1.29 is 17.9 Å². The van der Waals surface area contributed by atoms with Gasteiger partial charge in [0.25, 0.3) is 0 Å². The van der Waals surface area contributed by atoms with Crippen molar-refractivity contribution in [3.05, 3.63) is 89.5 Å². The lowest BCUT2D eigenvalue weighted by molar-refractivity contribution is 0.0385. The van der Waals surface area contributed by atoms with Crippen LogP contribution in [-0.4, -0.2) is 31.8 Å². The topological polar surface area (TPSA) is 63.7 Å². The number of nitrogens with zero attached hydrogens (tertiary/aromatic N) is 1. The van der Waals surface area contributed by atoms with Crippen LogP contribution >= 0.6 is 0 Å². The zero-order valence-corrected chi connectivity index (χ0v) is 17.1. The van der Waals surface area contributed by atoms with Crippen molar-refractivity contribution in [1.29, 1.82) is 0 Å². The molecule has 30 heavy (non-hydrogen) atoms. The summed E-state index contributed by atoms with van der Waals surface area (Å²) in [6.45, 7) is 1.10. The molecule has 2 aliphatic rings. The van der Waals surface area contributed by atoms with Gasteiger partial charge in [-0.25, -0.2) is 13.2 Å². The molecule has 5 nitrogen and oxygen atoms in total. The molecule has 1 aliphatic heterocycles. The Bertz CT molecular complexity index is 1170. The third-order valence-electron chi connectivity index (χ3n) is 5.79. The zero-order valence-electron chi connectivity index (χ0n) is 16.3. The number of ether oxygens (including phenoxy) is 1. The van der Waals surface area contributed by atoms with E-state index in [9.17, 15) is 13.2 Å². The summed E-state index contributed by atoms with van der Waals surface area (Å²) in [5.74, 6) is -0.475. The summed E-state index contributed by atoms with van der Waals surface area (Å²) >= 11 is 0. The summed E-state index contributed by atoms with van der Waals surface area (Å²) in [7, 11) is -3.50. The number of carbonyl (C=O) groups is 1. The van der Waals surface area contributed by atoms with Crippen molar-refractivity contribution in [3.8, 4) is 11.1 Å². The van der Waals surface area contributed by atoms with Gasteiger partial charge in [0.05, 0.1) is 10.5 Å². The van der Waals surface area contributed by atoms with Crippen LogP contribution in [0.4, 0.5) is 0 Å². The van der Waals surface area contributed by atoms with Crippen LogP contribution in [0, 0.1) is 0 Å². The summed E-state index contributed by atoms with van der Waals surface area (Å²) in [6.07, 6.45) is 1.29. The Morgan fingerprint density at radius 3 is 1.90 bits per heavy atom. The first-order chi connectivity index (χ1) is 14.6. The lowest BCUT2D eigenvalue weighted by atomic mass is 10.1. The highest BCUT2D eigenvalue weighted by atomic mass is 32.2. The maximum atomic E-state index is 12.9. The van der Waals surface area contributed by atoms with Crippen molar-refractivity contribution >= 4 is 16.0 Å². The number of benzene rings is 3. The summed E-state index contributed by atoms with van der Waals surface area (Å²) < 4.78 is 32.7. The molecule has 1 aliphatic carbocycles. The van der Waals surface area contributed by atoms with Gasteiger partial charge in [-0.1, -0.05) is 48.5 Å². The van der Waals surface area contributed by atoms with Gasteiger partial charge >= 0.3 is 5.97 Å². The van der Waals surface area contributed by atoms with Crippen molar-refractivity contribution in [2.75, 3.05) is 13.1 Å². The second-order valence-electron chi connectivity index (χ2n) is 7.60. The Balaban J connectivity index is 1.40. The Hall–Kier alpha value is -2.96. The maximum Gasteiger partial charge on any atom is 0.339 e. The molecular weight excluding hydrogens is 398 g/mol. The molecule has 1 heterocycles. The smallest absolute Gasteiger partial charge is 0.339 e. The van der Waals surface area contributed by atoms with Crippen LogP contribution in [0.1, 0.15) is 40.4 Å². The van der Waals surface area contributed by atoms with Gasteiger partial charge in [0.15, 0.2) is 6.10 Å². The number of carbonyl (C=O) groups excluding carboxylic acids is 1. The molecule has 6 heteroatoms. The molecule has 152 valence electrons. The van der Waals surface area contributed by atoms with E-state index >= 15 is 0 Å². The summed E-state index contributed by atoms with van der Waals surface area (Å²) in [6, 6.07) is 21.8. The van der Waals surface area contributed by atoms with Gasteiger partial charge in [-0.15, -0.1) is 0 Å². The number of hydrogen-bond acceptors (Lipinski definition) is 4. The summed E-state index contributed by atoms with van der Waals surface area (Å²) in [5, 5.41) is 0. The van der Waals surface area contributed by atoms with Gasteiger partial charge in [0.1, 0.15) is 0 Å². The van der Waals surface area contributed by atoms with Crippen LogP contribution in [0.25, 0.3) is 11.1 Å². The molecule has 0 saturated carbocycles. The molecule has 0 spiro atoms. The lowest BCUT2D eigenvalue weighted by Gasteiger charge is -2.17. The minimum absolute atomic E-state index is 0.206. The average molecular weight is 420 g/mol. The molecule has 5 rings (SSSR count). The van der Waals surface area contributed by atoms with Gasteiger partial charge in [0.2, 0.25) is 10.0 Å². The fraction of sp³-hybridized carbons (Fsp3) is 0.208. The monoisotopic (exact) mass is 419 g/mol. The van der Waals surface area contributed by atoms with Crippen molar-refractivity contribution in [2.24, 2.45) is 0 Å². The summed E-state index contributed by atoms with van der Waals surface area (Å²) in [4.78, 5) is 13.1. The van der Waals surface area contributed by atoms with E-state index < -0.39 is 22.1 Å². The van der Waals surface area contributed by atoms with Crippen molar-refractivity contribution in [3.63, 3.8) is 0 Å². The second kappa shape index (κ2) is 7.38. The number of rotatable bonds is 4. The van der Waals surface area contributed by atoms with Crippen LogP contribution < -0.4 is 0 Å². The SMILES string of the molecule is O=C(OC1c2ccccc2-c2ccccc21)c1ccc(S(=O)(=O)N2CCCC2)cc1. The van der Waals surface area contributed by atoms with Gasteiger partial charge in [-0.05, 0) is 48.2 Å². The van der Waals surface area contributed by atoms with Crippen LogP contribution in [0.3, 0.4) is 0 Å². The van der Waals surface area contributed by atoms with E-state index in [0.29, 0.717) is 18.7 Å². The normalized spacial score (nSPS) is 16.3. The molecule has 3 aromatic rings. The first-order valence-corrected chi connectivity index (χ1v) is 11.5. The van der Waals surface area contributed by atoms with Crippen LogP contribution in [0.5, 0.6) is 0 Å². The molecule has 0 radical (unpaired) electrons. The maximum absolute atomic E-state index is 12.9. The Morgan fingerprint density at radius 2 is 1.33 bits per heavy atom. The third-order valence-corrected chi connectivity index (χ3v) is 7.71. The molecule has 0 aromatic heterocycles. The predicted octanol–water partition coefficient (Wildman–Crippen LogP) is 4.40. The standard InChI is InChI=1S/C24H21NO4S/c26-24(17-11-13-18(14-12-17)30(27,28)25-15-5-6-16-25)29-23-21-9-3-1-7-19(21)20-8-2-4-10-22(20)23/h1-4,7-14,23H,5-6,15-16H2. The average Bonchev–Trinajstić information content (AvgIpc) is 3.42. The third kappa shape index (κ3) is 3.13. The highest BCUT2D eigenvalue weighted by Gasteiger charge is 2.32. The van der Waals surface area contributed by atoms with E-state index in [1.807, 2.05) is 48.5 Å². The predicted molar refractivity (Wildman–Crippen MR) is 114 cm³/mol. The minimum atomic E-state index is -3.50. The quantitative estimate of drug-likeness (QED) is 0.588. The molecule has 3 aromatic carbocycles. The van der Waals surface area contributed by atoms with Gasteiger partial charge in [-0.2, -0.15) is 4.31 Å². The molecule has 1 saturated heterocycles. The zero-order chi connectivity index (χ0) is 20.7. The molecule has 0 amide bonds. The van der Waals surface area contributed by atoms with Crippen molar-refractivity contribution in [2.45, 2.75) is 23.8 Å². The Kier molecular flexibility index (Phi) is 4.68. The van der Waals surface area contributed by atoms with Crippen LogP contribution in [-0.2, 0) is 14.8 Å². The molecular formula is C24H21NO4S. The number of hydrogen-bond donors (Lipinski definition) is 0. The van der Waals surface area contributed by atoms with E-state index in [1.54, 1.807) is 0 Å². The largest absolute Gasteiger partial charge is 0.449 e. The first kappa shape index (κ1) is 19.0. The van der Waals surface area contributed by atoms with Gasteiger partial charge in [0, 0.05) is 24.2 Å². The van der Waals surface area contributed by atoms with Crippen molar-refractivity contribution in [1.82, 2.24) is 4.31 Å². The number of sulfonamides is 1. The molecule has 0 bridgehead atoms. The lowest BCUT2D eigenvalue weighted by Crippen LogP contribution is -2.27. The molecule has 0 N–H and O–H groups in total. The molecule has 0 atom stereocenters.